The summed E-state index contributed by atoms with van der Waals surface area (Å²) < 4.78 is 13.1. The molecule has 1 atom stereocenters. The SMILES string of the molecule is CN(CCC(O)c1ccc(F)c(N)c1)Cc1ccccc1. The van der Waals surface area contributed by atoms with Crippen LogP contribution in [0.15, 0.2) is 48.5 Å². The van der Waals surface area contributed by atoms with Gasteiger partial charge in [0, 0.05) is 13.1 Å². The molecule has 0 aliphatic rings. The van der Waals surface area contributed by atoms with Gasteiger partial charge in [0.15, 0.2) is 0 Å². The van der Waals surface area contributed by atoms with Gasteiger partial charge in [0.05, 0.1) is 11.8 Å². The zero-order valence-corrected chi connectivity index (χ0v) is 12.2. The zero-order valence-electron chi connectivity index (χ0n) is 12.2. The van der Waals surface area contributed by atoms with E-state index >= 15 is 0 Å². The number of hydrogen-bond acceptors (Lipinski definition) is 3. The fraction of sp³-hybridized carbons (Fsp3) is 0.294. The number of nitrogens with zero attached hydrogens (tertiary/aromatic N) is 1. The number of aliphatic hydroxyl groups is 1. The predicted molar refractivity (Wildman–Crippen MR) is 83.2 cm³/mol. The fourth-order valence-electron chi connectivity index (χ4n) is 2.25. The van der Waals surface area contributed by atoms with Crippen LogP contribution in [0.25, 0.3) is 0 Å². The lowest BCUT2D eigenvalue weighted by atomic mass is 10.1. The molecule has 0 saturated carbocycles. The van der Waals surface area contributed by atoms with Crippen molar-refractivity contribution in [1.82, 2.24) is 4.90 Å². The number of halogens is 1. The number of hydrogen-bond donors (Lipinski definition) is 2. The topological polar surface area (TPSA) is 49.5 Å². The summed E-state index contributed by atoms with van der Waals surface area (Å²) in [5.74, 6) is -0.452. The molecule has 112 valence electrons. The fourth-order valence-corrected chi connectivity index (χ4v) is 2.25. The molecule has 0 spiro atoms. The van der Waals surface area contributed by atoms with Crippen molar-refractivity contribution < 1.29 is 9.50 Å². The molecule has 21 heavy (non-hydrogen) atoms. The standard InChI is InChI=1S/C17H21FN2O/c1-20(12-13-5-3-2-4-6-13)10-9-17(21)14-7-8-15(18)16(19)11-14/h2-8,11,17,21H,9-10,12,19H2,1H3. The van der Waals surface area contributed by atoms with Crippen LogP contribution in [-0.2, 0) is 6.54 Å². The van der Waals surface area contributed by atoms with Crippen LogP contribution >= 0.6 is 0 Å². The lowest BCUT2D eigenvalue weighted by Crippen LogP contribution is -2.21. The van der Waals surface area contributed by atoms with Crippen LogP contribution in [0.1, 0.15) is 23.7 Å². The molecule has 3 nitrogen and oxygen atoms in total. The summed E-state index contributed by atoms with van der Waals surface area (Å²) in [5, 5.41) is 10.1. The van der Waals surface area contributed by atoms with Crippen molar-refractivity contribution in [1.29, 1.82) is 0 Å². The number of rotatable bonds is 6. The van der Waals surface area contributed by atoms with Gasteiger partial charge in [-0.1, -0.05) is 36.4 Å². The highest BCUT2D eigenvalue weighted by molar-refractivity contribution is 5.43. The van der Waals surface area contributed by atoms with E-state index < -0.39 is 11.9 Å². The van der Waals surface area contributed by atoms with Crippen LogP contribution in [-0.4, -0.2) is 23.6 Å². The van der Waals surface area contributed by atoms with Gasteiger partial charge < -0.3 is 15.7 Å². The second-order valence-corrected chi connectivity index (χ2v) is 5.31. The van der Waals surface area contributed by atoms with Crippen molar-refractivity contribution >= 4 is 5.69 Å². The van der Waals surface area contributed by atoms with E-state index in [2.05, 4.69) is 17.0 Å². The van der Waals surface area contributed by atoms with E-state index in [0.29, 0.717) is 12.0 Å². The molecular formula is C17H21FN2O. The van der Waals surface area contributed by atoms with Gasteiger partial charge in [-0.2, -0.15) is 0 Å². The molecule has 0 radical (unpaired) electrons. The third-order valence-corrected chi connectivity index (χ3v) is 3.48. The molecular weight excluding hydrogens is 267 g/mol. The first-order valence-electron chi connectivity index (χ1n) is 7.01. The van der Waals surface area contributed by atoms with E-state index in [0.717, 1.165) is 13.1 Å². The zero-order chi connectivity index (χ0) is 15.2. The molecule has 0 bridgehead atoms. The maximum atomic E-state index is 13.1. The van der Waals surface area contributed by atoms with Crippen LogP contribution in [0.3, 0.4) is 0 Å². The van der Waals surface area contributed by atoms with Crippen LogP contribution in [0.4, 0.5) is 10.1 Å². The van der Waals surface area contributed by atoms with Crippen molar-refractivity contribution in [2.75, 3.05) is 19.3 Å². The smallest absolute Gasteiger partial charge is 0.146 e. The van der Waals surface area contributed by atoms with Crippen LogP contribution in [0.2, 0.25) is 0 Å². The van der Waals surface area contributed by atoms with Crippen molar-refractivity contribution in [3.8, 4) is 0 Å². The average molecular weight is 288 g/mol. The third-order valence-electron chi connectivity index (χ3n) is 3.48. The summed E-state index contributed by atoms with van der Waals surface area (Å²) in [4.78, 5) is 2.14. The Balaban J connectivity index is 1.85. The molecule has 0 amide bonds. The van der Waals surface area contributed by atoms with E-state index in [1.54, 1.807) is 6.07 Å². The number of anilines is 1. The average Bonchev–Trinajstić information content (AvgIpc) is 2.48. The van der Waals surface area contributed by atoms with Gasteiger partial charge in [-0.15, -0.1) is 0 Å². The Morgan fingerprint density at radius 3 is 2.57 bits per heavy atom. The maximum absolute atomic E-state index is 13.1. The van der Waals surface area contributed by atoms with Gasteiger partial charge in [0.1, 0.15) is 5.82 Å². The molecule has 3 N–H and O–H groups in total. The predicted octanol–water partition coefficient (Wildman–Crippen LogP) is 2.96. The summed E-state index contributed by atoms with van der Waals surface area (Å²) in [7, 11) is 2.01. The molecule has 2 aromatic carbocycles. The van der Waals surface area contributed by atoms with Gasteiger partial charge in [-0.05, 0) is 36.7 Å². The molecule has 2 rings (SSSR count). The first kappa shape index (κ1) is 15.5. The summed E-state index contributed by atoms with van der Waals surface area (Å²) in [5.41, 5.74) is 7.48. The first-order chi connectivity index (χ1) is 10.1. The molecule has 0 aliphatic heterocycles. The summed E-state index contributed by atoms with van der Waals surface area (Å²) in [6.07, 6.45) is -0.0554. The second-order valence-electron chi connectivity index (χ2n) is 5.31. The molecule has 0 aliphatic carbocycles. The summed E-state index contributed by atoms with van der Waals surface area (Å²) in [6, 6.07) is 14.5. The van der Waals surface area contributed by atoms with E-state index in [4.69, 9.17) is 5.73 Å². The quantitative estimate of drug-likeness (QED) is 0.803. The highest BCUT2D eigenvalue weighted by atomic mass is 19.1. The van der Waals surface area contributed by atoms with E-state index in [-0.39, 0.29) is 5.69 Å². The van der Waals surface area contributed by atoms with Crippen molar-refractivity contribution in [2.45, 2.75) is 19.1 Å². The summed E-state index contributed by atoms with van der Waals surface area (Å²) in [6.45, 7) is 1.58. The Morgan fingerprint density at radius 2 is 1.90 bits per heavy atom. The Kier molecular flexibility index (Phi) is 5.31. The minimum atomic E-state index is -0.633. The highest BCUT2D eigenvalue weighted by Crippen LogP contribution is 2.21. The van der Waals surface area contributed by atoms with Crippen LogP contribution < -0.4 is 5.73 Å². The maximum Gasteiger partial charge on any atom is 0.146 e. The largest absolute Gasteiger partial charge is 0.396 e. The van der Waals surface area contributed by atoms with Gasteiger partial charge >= 0.3 is 0 Å². The van der Waals surface area contributed by atoms with E-state index in [9.17, 15) is 9.50 Å². The Hall–Kier alpha value is -1.91. The monoisotopic (exact) mass is 288 g/mol. The molecule has 0 heterocycles. The third kappa shape index (κ3) is 4.55. The van der Waals surface area contributed by atoms with Crippen LogP contribution in [0, 0.1) is 5.82 Å². The normalized spacial score (nSPS) is 12.6. The molecule has 0 saturated heterocycles. The van der Waals surface area contributed by atoms with E-state index in [1.807, 2.05) is 25.2 Å². The van der Waals surface area contributed by atoms with Gasteiger partial charge in [0.2, 0.25) is 0 Å². The van der Waals surface area contributed by atoms with Gasteiger partial charge in [0.25, 0.3) is 0 Å². The first-order valence-corrected chi connectivity index (χ1v) is 7.01. The van der Waals surface area contributed by atoms with Crippen molar-refractivity contribution in [3.63, 3.8) is 0 Å². The lowest BCUT2D eigenvalue weighted by Gasteiger charge is -2.19. The van der Waals surface area contributed by atoms with Gasteiger partial charge in [-0.25, -0.2) is 4.39 Å². The number of nitrogen functional groups attached to an aromatic ring is 1. The minimum Gasteiger partial charge on any atom is -0.396 e. The van der Waals surface area contributed by atoms with Crippen LogP contribution in [0.5, 0.6) is 0 Å². The lowest BCUT2D eigenvalue weighted by molar-refractivity contribution is 0.147. The Bertz CT molecular complexity index is 574. The Morgan fingerprint density at radius 1 is 1.19 bits per heavy atom. The summed E-state index contributed by atoms with van der Waals surface area (Å²) >= 11 is 0. The molecule has 0 aromatic heterocycles. The molecule has 0 fully saturated rings. The van der Waals surface area contributed by atoms with Crippen molar-refractivity contribution in [2.24, 2.45) is 0 Å². The minimum absolute atomic E-state index is 0.0733. The Labute approximate surface area is 124 Å². The molecule has 1 unspecified atom stereocenters. The molecule has 2 aromatic rings. The molecule has 4 heteroatoms. The number of aliphatic hydroxyl groups excluding tert-OH is 1. The second kappa shape index (κ2) is 7.20. The van der Waals surface area contributed by atoms with Crippen molar-refractivity contribution in [3.05, 3.63) is 65.5 Å². The number of benzene rings is 2. The van der Waals surface area contributed by atoms with E-state index in [1.165, 1.54) is 17.7 Å². The number of nitrogens with two attached hydrogens (primary N) is 1. The highest BCUT2D eigenvalue weighted by Gasteiger charge is 2.11. The van der Waals surface area contributed by atoms with Gasteiger partial charge in [-0.3, -0.25) is 0 Å².